The van der Waals surface area contributed by atoms with Gasteiger partial charge in [0.05, 0.1) is 6.61 Å². The molecule has 1 aromatic carbocycles. The average Bonchev–Trinajstić information content (AvgIpc) is 2.63. The normalized spacial score (nSPS) is 18.0. The number of ketones is 1. The fraction of sp³-hybridized carbons (Fsp3) is 0.545. The van der Waals surface area contributed by atoms with E-state index in [1.54, 1.807) is 19.1 Å². The zero-order valence-electron chi connectivity index (χ0n) is 16.2. The van der Waals surface area contributed by atoms with E-state index >= 15 is 0 Å². The summed E-state index contributed by atoms with van der Waals surface area (Å²) in [7, 11) is 0. The Kier molecular flexibility index (Phi) is 7.89. The number of benzene rings is 1. The minimum atomic E-state index is -0.471. The third kappa shape index (κ3) is 6.32. The predicted molar refractivity (Wildman–Crippen MR) is 105 cm³/mol. The molecule has 1 aliphatic carbocycles. The van der Waals surface area contributed by atoms with Crippen LogP contribution in [0.2, 0.25) is 0 Å². The predicted octanol–water partition coefficient (Wildman–Crippen LogP) is 5.01. The van der Waals surface area contributed by atoms with Crippen molar-refractivity contribution in [1.29, 1.82) is 0 Å². The molecule has 0 aliphatic heterocycles. The van der Waals surface area contributed by atoms with Crippen LogP contribution in [0.4, 0.5) is 5.69 Å². The lowest BCUT2D eigenvalue weighted by atomic mass is 9.80. The Morgan fingerprint density at radius 3 is 2.62 bits per heavy atom. The van der Waals surface area contributed by atoms with Crippen LogP contribution in [0.1, 0.15) is 63.2 Å². The lowest BCUT2D eigenvalue weighted by Crippen LogP contribution is -2.17. The summed E-state index contributed by atoms with van der Waals surface area (Å²) in [6, 6.07) is 7.33. The molecule has 142 valence electrons. The molecule has 0 heterocycles. The highest BCUT2D eigenvalue weighted by molar-refractivity contribution is 6.06. The van der Waals surface area contributed by atoms with Gasteiger partial charge in [0.25, 0.3) is 0 Å². The summed E-state index contributed by atoms with van der Waals surface area (Å²) in [5.74, 6) is 0.825. The summed E-state index contributed by atoms with van der Waals surface area (Å²) in [6.07, 6.45) is 7.09. The number of Topliss-reactive ketones (excluding diaryl/α,β-unsaturated/α-hetero) is 1. The number of esters is 1. The van der Waals surface area contributed by atoms with Crippen LogP contribution in [-0.2, 0) is 9.53 Å². The highest BCUT2D eigenvalue weighted by atomic mass is 16.5. The number of carbonyl (C=O) groups excluding carboxylic acids is 2. The number of rotatable bonds is 9. The lowest BCUT2D eigenvalue weighted by Gasteiger charge is -2.26. The SMILES string of the molecule is CCOC(=O)CC(=O)c1ccc(NCCC(C)C2CC=C(C)CC2)cc1. The molecule has 1 aliphatic rings. The van der Waals surface area contributed by atoms with Crippen molar-refractivity contribution < 1.29 is 14.3 Å². The number of hydrogen-bond donors (Lipinski definition) is 1. The van der Waals surface area contributed by atoms with Crippen molar-refractivity contribution in [3.8, 4) is 0 Å². The van der Waals surface area contributed by atoms with E-state index in [1.165, 1.54) is 24.8 Å². The molecule has 0 radical (unpaired) electrons. The fourth-order valence-corrected chi connectivity index (χ4v) is 3.40. The molecule has 0 saturated heterocycles. The monoisotopic (exact) mass is 357 g/mol. The largest absolute Gasteiger partial charge is 0.466 e. The minimum Gasteiger partial charge on any atom is -0.466 e. The van der Waals surface area contributed by atoms with Gasteiger partial charge in [0, 0.05) is 17.8 Å². The van der Waals surface area contributed by atoms with Crippen molar-refractivity contribution in [2.45, 2.75) is 52.9 Å². The van der Waals surface area contributed by atoms with Crippen LogP contribution in [0.15, 0.2) is 35.9 Å². The Morgan fingerprint density at radius 2 is 2.00 bits per heavy atom. The molecule has 2 atom stereocenters. The lowest BCUT2D eigenvalue weighted by molar-refractivity contribution is -0.141. The van der Waals surface area contributed by atoms with Gasteiger partial charge in [-0.3, -0.25) is 9.59 Å². The first-order valence-corrected chi connectivity index (χ1v) is 9.68. The third-order valence-electron chi connectivity index (χ3n) is 5.23. The van der Waals surface area contributed by atoms with E-state index in [4.69, 9.17) is 4.74 Å². The first-order valence-electron chi connectivity index (χ1n) is 9.68. The summed E-state index contributed by atoms with van der Waals surface area (Å²) in [5.41, 5.74) is 3.08. The Balaban J connectivity index is 1.75. The summed E-state index contributed by atoms with van der Waals surface area (Å²) >= 11 is 0. The molecule has 1 aromatic rings. The molecule has 0 saturated carbocycles. The van der Waals surface area contributed by atoms with Crippen molar-refractivity contribution in [2.24, 2.45) is 11.8 Å². The Morgan fingerprint density at radius 1 is 1.27 bits per heavy atom. The summed E-state index contributed by atoms with van der Waals surface area (Å²) in [6.45, 7) is 7.53. The Labute approximate surface area is 157 Å². The van der Waals surface area contributed by atoms with Crippen LogP contribution < -0.4 is 5.32 Å². The highest BCUT2D eigenvalue weighted by Crippen LogP contribution is 2.30. The zero-order chi connectivity index (χ0) is 18.9. The maximum atomic E-state index is 12.0. The van der Waals surface area contributed by atoms with Gasteiger partial charge < -0.3 is 10.1 Å². The summed E-state index contributed by atoms with van der Waals surface area (Å²) < 4.78 is 4.81. The van der Waals surface area contributed by atoms with E-state index in [-0.39, 0.29) is 12.2 Å². The number of hydrogen-bond acceptors (Lipinski definition) is 4. The van der Waals surface area contributed by atoms with E-state index in [1.807, 2.05) is 12.1 Å². The van der Waals surface area contributed by atoms with Crippen LogP contribution >= 0.6 is 0 Å². The van der Waals surface area contributed by atoms with Crippen LogP contribution in [0.5, 0.6) is 0 Å². The molecule has 2 unspecified atom stereocenters. The van der Waals surface area contributed by atoms with Gasteiger partial charge in [-0.1, -0.05) is 18.6 Å². The van der Waals surface area contributed by atoms with E-state index in [0.29, 0.717) is 18.1 Å². The van der Waals surface area contributed by atoms with E-state index in [9.17, 15) is 9.59 Å². The zero-order valence-corrected chi connectivity index (χ0v) is 16.2. The topological polar surface area (TPSA) is 55.4 Å². The molecule has 4 heteroatoms. The maximum Gasteiger partial charge on any atom is 0.313 e. The van der Waals surface area contributed by atoms with Crippen LogP contribution in [0.25, 0.3) is 0 Å². The number of anilines is 1. The fourth-order valence-electron chi connectivity index (χ4n) is 3.40. The molecular weight excluding hydrogens is 326 g/mol. The summed E-state index contributed by atoms with van der Waals surface area (Å²) in [4.78, 5) is 23.4. The average molecular weight is 357 g/mol. The molecule has 26 heavy (non-hydrogen) atoms. The van der Waals surface area contributed by atoms with Gasteiger partial charge in [0.2, 0.25) is 0 Å². The molecule has 0 spiro atoms. The second-order valence-electron chi connectivity index (χ2n) is 7.26. The van der Waals surface area contributed by atoms with Gasteiger partial charge in [0.15, 0.2) is 5.78 Å². The van der Waals surface area contributed by atoms with Crippen molar-refractivity contribution in [3.63, 3.8) is 0 Å². The standard InChI is InChI=1S/C22H31NO3/c1-4-26-22(25)15-21(24)19-9-11-20(12-10-19)23-14-13-17(3)18-7-5-16(2)6-8-18/h5,9-12,17-18,23H,4,6-8,13-15H2,1-3H3. The summed E-state index contributed by atoms with van der Waals surface area (Å²) in [5, 5.41) is 3.43. The smallest absolute Gasteiger partial charge is 0.313 e. The molecule has 0 bridgehead atoms. The number of allylic oxidation sites excluding steroid dienone is 2. The maximum absolute atomic E-state index is 12.0. The van der Waals surface area contributed by atoms with E-state index in [2.05, 4.69) is 25.2 Å². The number of ether oxygens (including phenoxy) is 1. The van der Waals surface area contributed by atoms with Crippen LogP contribution in [0, 0.1) is 11.8 Å². The second kappa shape index (κ2) is 10.1. The third-order valence-corrected chi connectivity index (χ3v) is 5.23. The highest BCUT2D eigenvalue weighted by Gasteiger charge is 2.19. The van der Waals surface area contributed by atoms with Crippen molar-refractivity contribution >= 4 is 17.4 Å². The van der Waals surface area contributed by atoms with Crippen LogP contribution in [0.3, 0.4) is 0 Å². The first-order chi connectivity index (χ1) is 12.5. The van der Waals surface area contributed by atoms with Crippen molar-refractivity contribution in [2.75, 3.05) is 18.5 Å². The van der Waals surface area contributed by atoms with Gasteiger partial charge >= 0.3 is 5.97 Å². The van der Waals surface area contributed by atoms with Gasteiger partial charge in [-0.2, -0.15) is 0 Å². The molecule has 2 rings (SSSR count). The van der Waals surface area contributed by atoms with Gasteiger partial charge in [-0.25, -0.2) is 0 Å². The molecule has 0 amide bonds. The molecule has 0 aromatic heterocycles. The van der Waals surface area contributed by atoms with E-state index in [0.717, 1.165) is 24.6 Å². The van der Waals surface area contributed by atoms with E-state index < -0.39 is 5.97 Å². The quantitative estimate of drug-likeness (QED) is 0.292. The second-order valence-corrected chi connectivity index (χ2v) is 7.26. The first kappa shape index (κ1) is 20.2. The van der Waals surface area contributed by atoms with Crippen molar-refractivity contribution in [3.05, 3.63) is 41.5 Å². The molecule has 4 nitrogen and oxygen atoms in total. The molecular formula is C22H31NO3. The minimum absolute atomic E-state index is 0.201. The molecule has 0 fully saturated rings. The number of carbonyl (C=O) groups is 2. The van der Waals surface area contributed by atoms with Gasteiger partial charge in [0.1, 0.15) is 6.42 Å². The van der Waals surface area contributed by atoms with Crippen molar-refractivity contribution in [1.82, 2.24) is 0 Å². The Bertz CT molecular complexity index is 633. The Hall–Kier alpha value is -2.10. The molecule has 1 N–H and O–H groups in total. The van der Waals surface area contributed by atoms with Gasteiger partial charge in [-0.15, -0.1) is 0 Å². The van der Waals surface area contributed by atoms with Crippen LogP contribution in [-0.4, -0.2) is 24.9 Å². The number of nitrogens with one attached hydrogen (secondary N) is 1. The van der Waals surface area contributed by atoms with Gasteiger partial charge in [-0.05, 0) is 75.6 Å².